The summed E-state index contributed by atoms with van der Waals surface area (Å²) in [6, 6.07) is 3.59. The van der Waals surface area contributed by atoms with Crippen LogP contribution in [0.3, 0.4) is 0 Å². The first-order valence-electron chi connectivity index (χ1n) is 3.52. The Kier molecular flexibility index (Phi) is 2.58. The lowest BCUT2D eigenvalue weighted by Gasteiger charge is -1.97. The summed E-state index contributed by atoms with van der Waals surface area (Å²) in [5.41, 5.74) is 1.54. The number of pyridine rings is 1. The number of aromatic nitrogens is 1. The molecule has 0 aromatic carbocycles. The maximum Gasteiger partial charge on any atom is 0.328 e. The normalized spacial score (nSPS) is 11.2. The Labute approximate surface area is 70.4 Å². The Balaban J connectivity index is 2.93. The minimum Gasteiger partial charge on any atom is -0.478 e. The molecule has 0 spiro atoms. The molecule has 1 aromatic rings. The molecule has 12 heavy (non-hydrogen) atoms. The molecule has 0 saturated heterocycles. The van der Waals surface area contributed by atoms with E-state index in [-0.39, 0.29) is 0 Å². The van der Waals surface area contributed by atoms with Gasteiger partial charge < -0.3 is 5.11 Å². The zero-order valence-corrected chi connectivity index (χ0v) is 6.69. The van der Waals surface area contributed by atoms with Gasteiger partial charge in [-0.1, -0.05) is 6.07 Å². The van der Waals surface area contributed by atoms with Crippen LogP contribution in [0.15, 0.2) is 30.6 Å². The van der Waals surface area contributed by atoms with Crippen LogP contribution in [0.2, 0.25) is 0 Å². The number of nitrogens with zero attached hydrogens (tertiary/aromatic N) is 1. The fourth-order valence-corrected chi connectivity index (χ4v) is 0.865. The number of carbonyl (C=O) groups is 1. The summed E-state index contributed by atoms with van der Waals surface area (Å²) >= 11 is 0. The lowest BCUT2D eigenvalue weighted by Crippen LogP contribution is -1.90. The van der Waals surface area contributed by atoms with Gasteiger partial charge in [0.25, 0.3) is 0 Å². The van der Waals surface area contributed by atoms with E-state index in [9.17, 15) is 4.79 Å². The molecule has 0 aliphatic rings. The van der Waals surface area contributed by atoms with Crippen molar-refractivity contribution >= 4 is 11.5 Å². The van der Waals surface area contributed by atoms with Crippen molar-refractivity contribution in [1.82, 2.24) is 4.98 Å². The molecule has 1 rings (SSSR count). The van der Waals surface area contributed by atoms with Crippen molar-refractivity contribution in [2.75, 3.05) is 0 Å². The molecule has 3 nitrogen and oxygen atoms in total. The van der Waals surface area contributed by atoms with Gasteiger partial charge in [-0.2, -0.15) is 0 Å². The third kappa shape index (κ3) is 2.20. The average Bonchev–Trinajstić information content (AvgIpc) is 2.05. The second kappa shape index (κ2) is 3.67. The van der Waals surface area contributed by atoms with Gasteiger partial charge >= 0.3 is 5.97 Å². The average molecular weight is 163 g/mol. The molecule has 0 radical (unpaired) electrons. The second-order valence-corrected chi connectivity index (χ2v) is 2.41. The summed E-state index contributed by atoms with van der Waals surface area (Å²) in [5, 5.41) is 8.45. The van der Waals surface area contributed by atoms with E-state index in [0.717, 1.165) is 11.6 Å². The van der Waals surface area contributed by atoms with Gasteiger partial charge in [-0.05, 0) is 24.1 Å². The summed E-state index contributed by atoms with van der Waals surface area (Å²) in [5.74, 6) is -0.934. The maximum atomic E-state index is 10.3. The number of allylic oxidation sites excluding steroid dienone is 1. The molecule has 0 unspecified atom stereocenters. The summed E-state index contributed by atoms with van der Waals surface area (Å²) < 4.78 is 0. The van der Waals surface area contributed by atoms with E-state index in [4.69, 9.17) is 5.11 Å². The number of hydrogen-bond acceptors (Lipinski definition) is 2. The SMILES string of the molecule is CC(=CC(=O)O)c1cccnc1. The topological polar surface area (TPSA) is 50.2 Å². The number of rotatable bonds is 2. The highest BCUT2D eigenvalue weighted by atomic mass is 16.4. The third-order valence-corrected chi connectivity index (χ3v) is 1.46. The molecule has 0 bridgehead atoms. The Morgan fingerprint density at radius 3 is 2.92 bits per heavy atom. The first-order valence-corrected chi connectivity index (χ1v) is 3.52. The predicted molar refractivity (Wildman–Crippen MR) is 45.5 cm³/mol. The van der Waals surface area contributed by atoms with E-state index in [2.05, 4.69) is 4.98 Å². The van der Waals surface area contributed by atoms with Gasteiger partial charge in [-0.3, -0.25) is 4.98 Å². The fourth-order valence-electron chi connectivity index (χ4n) is 0.865. The van der Waals surface area contributed by atoms with E-state index >= 15 is 0 Å². The molecular formula is C9H9NO2. The monoisotopic (exact) mass is 163 g/mol. The van der Waals surface area contributed by atoms with E-state index in [1.807, 2.05) is 6.07 Å². The molecular weight excluding hydrogens is 154 g/mol. The molecule has 0 fully saturated rings. The Hall–Kier alpha value is -1.64. The highest BCUT2D eigenvalue weighted by Crippen LogP contribution is 2.10. The molecule has 1 N–H and O–H groups in total. The highest BCUT2D eigenvalue weighted by molar-refractivity contribution is 5.89. The van der Waals surface area contributed by atoms with Crippen molar-refractivity contribution in [1.29, 1.82) is 0 Å². The first kappa shape index (κ1) is 8.46. The lowest BCUT2D eigenvalue weighted by molar-refractivity contribution is -0.131. The molecule has 0 saturated carbocycles. The first-order chi connectivity index (χ1) is 5.70. The van der Waals surface area contributed by atoms with Crippen molar-refractivity contribution in [3.8, 4) is 0 Å². The number of hydrogen-bond donors (Lipinski definition) is 1. The van der Waals surface area contributed by atoms with E-state index < -0.39 is 5.97 Å². The van der Waals surface area contributed by atoms with Crippen LogP contribution in [0, 0.1) is 0 Å². The zero-order chi connectivity index (χ0) is 8.97. The minimum absolute atomic E-state index is 0.704. The molecule has 1 aromatic heterocycles. The van der Waals surface area contributed by atoms with Gasteiger partial charge in [0.1, 0.15) is 0 Å². The number of carboxylic acids is 1. The second-order valence-electron chi connectivity index (χ2n) is 2.41. The van der Waals surface area contributed by atoms with Crippen LogP contribution >= 0.6 is 0 Å². The van der Waals surface area contributed by atoms with Crippen molar-refractivity contribution in [3.05, 3.63) is 36.2 Å². The Morgan fingerprint density at radius 2 is 2.42 bits per heavy atom. The van der Waals surface area contributed by atoms with Gasteiger partial charge in [0.15, 0.2) is 0 Å². The Morgan fingerprint density at radius 1 is 1.67 bits per heavy atom. The van der Waals surface area contributed by atoms with E-state index in [1.165, 1.54) is 0 Å². The van der Waals surface area contributed by atoms with Crippen molar-refractivity contribution < 1.29 is 9.90 Å². The number of carboxylic acid groups (broad SMARTS) is 1. The van der Waals surface area contributed by atoms with Crippen LogP contribution in [0.1, 0.15) is 12.5 Å². The molecule has 1 heterocycles. The van der Waals surface area contributed by atoms with Crippen molar-refractivity contribution in [2.24, 2.45) is 0 Å². The minimum atomic E-state index is -0.934. The third-order valence-electron chi connectivity index (χ3n) is 1.46. The van der Waals surface area contributed by atoms with Crippen molar-refractivity contribution in [2.45, 2.75) is 6.92 Å². The molecule has 0 aliphatic carbocycles. The molecule has 3 heteroatoms. The predicted octanol–water partition coefficient (Wildman–Crippen LogP) is 1.57. The fraction of sp³-hybridized carbons (Fsp3) is 0.111. The van der Waals surface area contributed by atoms with Gasteiger partial charge in [-0.15, -0.1) is 0 Å². The van der Waals surface area contributed by atoms with Crippen LogP contribution in [-0.2, 0) is 4.79 Å². The zero-order valence-electron chi connectivity index (χ0n) is 6.69. The van der Waals surface area contributed by atoms with Crippen molar-refractivity contribution in [3.63, 3.8) is 0 Å². The smallest absolute Gasteiger partial charge is 0.328 e. The van der Waals surface area contributed by atoms with Crippen LogP contribution < -0.4 is 0 Å². The van der Waals surface area contributed by atoms with Gasteiger partial charge in [0.05, 0.1) is 0 Å². The summed E-state index contributed by atoms with van der Waals surface area (Å²) in [4.78, 5) is 14.2. The van der Waals surface area contributed by atoms with Crippen LogP contribution in [0.4, 0.5) is 0 Å². The van der Waals surface area contributed by atoms with Crippen LogP contribution in [0.5, 0.6) is 0 Å². The lowest BCUT2D eigenvalue weighted by atomic mass is 10.1. The van der Waals surface area contributed by atoms with E-state index in [0.29, 0.717) is 5.57 Å². The molecule has 0 amide bonds. The standard InChI is InChI=1S/C9H9NO2/c1-7(5-9(11)12)8-3-2-4-10-6-8/h2-6H,1H3,(H,11,12). The summed E-state index contributed by atoms with van der Waals surface area (Å²) in [7, 11) is 0. The maximum absolute atomic E-state index is 10.3. The summed E-state index contributed by atoms with van der Waals surface area (Å²) in [6.07, 6.45) is 4.45. The largest absolute Gasteiger partial charge is 0.478 e. The summed E-state index contributed by atoms with van der Waals surface area (Å²) in [6.45, 7) is 1.74. The number of aliphatic carboxylic acids is 1. The molecule has 0 atom stereocenters. The van der Waals surface area contributed by atoms with Gasteiger partial charge in [0.2, 0.25) is 0 Å². The van der Waals surface area contributed by atoms with Crippen LogP contribution in [0.25, 0.3) is 5.57 Å². The van der Waals surface area contributed by atoms with E-state index in [1.54, 1.807) is 25.4 Å². The highest BCUT2D eigenvalue weighted by Gasteiger charge is 1.96. The quantitative estimate of drug-likeness (QED) is 0.673. The molecule has 62 valence electrons. The van der Waals surface area contributed by atoms with Gasteiger partial charge in [-0.25, -0.2) is 4.79 Å². The Bertz CT molecular complexity index is 304. The molecule has 0 aliphatic heterocycles. The van der Waals surface area contributed by atoms with Crippen LogP contribution in [-0.4, -0.2) is 16.1 Å². The van der Waals surface area contributed by atoms with Gasteiger partial charge in [0, 0.05) is 18.5 Å².